The number of carbonyl (C=O) groups is 1. The van der Waals surface area contributed by atoms with Gasteiger partial charge < -0.3 is 19.5 Å². The van der Waals surface area contributed by atoms with Gasteiger partial charge in [0.25, 0.3) is 5.91 Å². The van der Waals surface area contributed by atoms with Crippen LogP contribution in [0.4, 0.5) is 11.4 Å². The Kier molecular flexibility index (Phi) is 5.04. The van der Waals surface area contributed by atoms with Gasteiger partial charge in [0.05, 0.1) is 17.6 Å². The normalized spacial score (nSPS) is 13.1. The molecule has 3 aromatic carbocycles. The Balaban J connectivity index is 1.25. The molecule has 1 aliphatic heterocycles. The van der Waals surface area contributed by atoms with Crippen molar-refractivity contribution in [2.45, 2.75) is 20.0 Å². The lowest BCUT2D eigenvalue weighted by molar-refractivity contribution is -0.118. The van der Waals surface area contributed by atoms with E-state index in [-0.39, 0.29) is 12.5 Å². The van der Waals surface area contributed by atoms with Crippen molar-refractivity contribution in [2.75, 3.05) is 23.4 Å². The Morgan fingerprint density at radius 3 is 2.81 bits per heavy atom. The van der Waals surface area contributed by atoms with Crippen molar-refractivity contribution in [3.63, 3.8) is 0 Å². The summed E-state index contributed by atoms with van der Waals surface area (Å²) in [7, 11) is 0. The van der Waals surface area contributed by atoms with Gasteiger partial charge in [-0.25, -0.2) is 4.98 Å². The second-order valence-corrected chi connectivity index (χ2v) is 7.79. The van der Waals surface area contributed by atoms with Crippen LogP contribution in [0.2, 0.25) is 0 Å². The molecule has 0 radical (unpaired) electrons. The number of aryl methyl sites for hydroxylation is 1. The second-order valence-electron chi connectivity index (χ2n) is 7.79. The van der Waals surface area contributed by atoms with Gasteiger partial charge in [-0.15, -0.1) is 0 Å². The number of hydrogen-bond donors (Lipinski definition) is 1. The number of rotatable bonds is 5. The molecule has 0 fully saturated rings. The highest BCUT2D eigenvalue weighted by Crippen LogP contribution is 2.26. The van der Waals surface area contributed by atoms with E-state index < -0.39 is 0 Å². The number of nitrogens with zero attached hydrogens (tertiary/aromatic N) is 3. The van der Waals surface area contributed by atoms with Gasteiger partial charge in [-0.2, -0.15) is 0 Å². The second kappa shape index (κ2) is 8.14. The largest absolute Gasteiger partial charge is 0.484 e. The van der Waals surface area contributed by atoms with E-state index in [1.165, 1.54) is 5.52 Å². The van der Waals surface area contributed by atoms with Crippen LogP contribution in [-0.2, 0) is 17.9 Å². The van der Waals surface area contributed by atoms with E-state index in [0.717, 1.165) is 47.9 Å². The summed E-state index contributed by atoms with van der Waals surface area (Å²) in [6.45, 7) is 4.48. The minimum absolute atomic E-state index is 0.0264. The number of amides is 1. The summed E-state index contributed by atoms with van der Waals surface area (Å²) < 4.78 is 7.89. The first-order valence-corrected chi connectivity index (χ1v) is 10.4. The molecule has 0 atom stereocenters. The van der Waals surface area contributed by atoms with E-state index >= 15 is 0 Å². The third-order valence-electron chi connectivity index (χ3n) is 5.51. The first-order chi connectivity index (χ1) is 15.2. The van der Waals surface area contributed by atoms with Crippen molar-refractivity contribution in [3.05, 3.63) is 84.2 Å². The Labute approximate surface area is 181 Å². The molecule has 0 bridgehead atoms. The van der Waals surface area contributed by atoms with Crippen LogP contribution in [0, 0.1) is 6.92 Å². The predicted molar refractivity (Wildman–Crippen MR) is 123 cm³/mol. The fraction of sp³-hybridized carbons (Fsp3) is 0.200. The van der Waals surface area contributed by atoms with Crippen molar-refractivity contribution in [2.24, 2.45) is 0 Å². The fourth-order valence-electron chi connectivity index (χ4n) is 4.02. The number of imidazole rings is 1. The zero-order valence-electron chi connectivity index (χ0n) is 17.4. The summed E-state index contributed by atoms with van der Waals surface area (Å²) in [5.41, 5.74) is 5.14. The number of nitrogens with one attached hydrogen (secondary N) is 1. The molecule has 0 spiro atoms. The summed E-state index contributed by atoms with van der Waals surface area (Å²) in [5, 5.41) is 2.94. The highest BCUT2D eigenvalue weighted by atomic mass is 16.5. The number of aromatic nitrogens is 2. The van der Waals surface area contributed by atoms with E-state index in [9.17, 15) is 4.79 Å². The first-order valence-electron chi connectivity index (χ1n) is 10.4. The Bertz CT molecular complexity index is 1250. The quantitative estimate of drug-likeness (QED) is 0.528. The molecule has 5 rings (SSSR count). The van der Waals surface area contributed by atoms with Crippen LogP contribution in [0.5, 0.6) is 5.75 Å². The molecule has 0 saturated heterocycles. The number of carbonyl (C=O) groups excluding carboxylic acids is 1. The SMILES string of the molecule is Cc1cccc(OCC(=O)Nc2cccc(N3CCn4c(nc5ccccc54)C3)c2)c1. The van der Waals surface area contributed by atoms with E-state index in [2.05, 4.69) is 39.0 Å². The monoisotopic (exact) mass is 412 g/mol. The van der Waals surface area contributed by atoms with Gasteiger partial charge >= 0.3 is 0 Å². The van der Waals surface area contributed by atoms with Crippen LogP contribution < -0.4 is 15.0 Å². The molecule has 1 aromatic heterocycles. The van der Waals surface area contributed by atoms with Crippen molar-refractivity contribution in [1.29, 1.82) is 0 Å². The Hall–Kier alpha value is -3.80. The van der Waals surface area contributed by atoms with Gasteiger partial charge in [0.15, 0.2) is 6.61 Å². The fourth-order valence-corrected chi connectivity index (χ4v) is 4.02. The summed E-state index contributed by atoms with van der Waals surface area (Å²) in [4.78, 5) is 19.4. The maximum atomic E-state index is 12.4. The molecule has 6 nitrogen and oxygen atoms in total. The molecule has 0 unspecified atom stereocenters. The molecular formula is C25H24N4O2. The lowest BCUT2D eigenvalue weighted by atomic mass is 10.2. The minimum atomic E-state index is -0.181. The number of fused-ring (bicyclic) bond motifs is 3. The van der Waals surface area contributed by atoms with Crippen molar-refractivity contribution < 1.29 is 9.53 Å². The minimum Gasteiger partial charge on any atom is -0.484 e. The van der Waals surface area contributed by atoms with Crippen molar-refractivity contribution >= 4 is 28.3 Å². The maximum absolute atomic E-state index is 12.4. The topological polar surface area (TPSA) is 59.4 Å². The third-order valence-corrected chi connectivity index (χ3v) is 5.51. The van der Waals surface area contributed by atoms with Crippen LogP contribution >= 0.6 is 0 Å². The number of para-hydroxylation sites is 2. The summed E-state index contributed by atoms with van der Waals surface area (Å²) in [6.07, 6.45) is 0. The van der Waals surface area contributed by atoms with Crippen LogP contribution in [0.15, 0.2) is 72.8 Å². The van der Waals surface area contributed by atoms with Gasteiger partial charge in [0, 0.05) is 24.5 Å². The van der Waals surface area contributed by atoms with Gasteiger partial charge in [-0.1, -0.05) is 30.3 Å². The lowest BCUT2D eigenvalue weighted by Crippen LogP contribution is -2.33. The number of ether oxygens (including phenoxy) is 1. The molecule has 2 heterocycles. The molecule has 0 aliphatic carbocycles. The average Bonchev–Trinajstić information content (AvgIpc) is 3.16. The zero-order chi connectivity index (χ0) is 21.2. The molecular weight excluding hydrogens is 388 g/mol. The highest BCUT2D eigenvalue weighted by Gasteiger charge is 2.20. The Morgan fingerprint density at radius 2 is 1.90 bits per heavy atom. The van der Waals surface area contributed by atoms with Crippen molar-refractivity contribution in [3.8, 4) is 5.75 Å². The molecule has 0 saturated carbocycles. The van der Waals surface area contributed by atoms with E-state index in [1.807, 2.05) is 55.5 Å². The smallest absolute Gasteiger partial charge is 0.262 e. The predicted octanol–water partition coefficient (Wildman–Crippen LogP) is 4.38. The summed E-state index contributed by atoms with van der Waals surface area (Å²) in [6, 6.07) is 23.9. The molecule has 6 heteroatoms. The van der Waals surface area contributed by atoms with Crippen LogP contribution in [-0.4, -0.2) is 28.6 Å². The molecule has 1 amide bonds. The third kappa shape index (κ3) is 4.10. The van der Waals surface area contributed by atoms with E-state index in [4.69, 9.17) is 9.72 Å². The maximum Gasteiger partial charge on any atom is 0.262 e. The summed E-state index contributed by atoms with van der Waals surface area (Å²) >= 11 is 0. The van der Waals surface area contributed by atoms with Crippen LogP contribution in [0.1, 0.15) is 11.4 Å². The van der Waals surface area contributed by atoms with Crippen molar-refractivity contribution in [1.82, 2.24) is 9.55 Å². The highest BCUT2D eigenvalue weighted by molar-refractivity contribution is 5.92. The van der Waals surface area contributed by atoms with Crippen LogP contribution in [0.3, 0.4) is 0 Å². The van der Waals surface area contributed by atoms with Gasteiger partial charge in [0.1, 0.15) is 11.6 Å². The zero-order valence-corrected chi connectivity index (χ0v) is 17.4. The van der Waals surface area contributed by atoms with E-state index in [1.54, 1.807) is 0 Å². The number of benzene rings is 3. The molecule has 4 aromatic rings. The average molecular weight is 412 g/mol. The first kappa shape index (κ1) is 19.2. The molecule has 31 heavy (non-hydrogen) atoms. The lowest BCUT2D eigenvalue weighted by Gasteiger charge is -2.30. The number of anilines is 2. The van der Waals surface area contributed by atoms with Crippen LogP contribution in [0.25, 0.3) is 11.0 Å². The standard InChI is InChI=1S/C25H24N4O2/c1-18-6-4-9-21(14-18)31-17-25(30)26-19-7-5-8-20(15-19)28-12-13-29-23-11-3-2-10-22(23)27-24(29)16-28/h2-11,14-15H,12-13,16-17H2,1H3,(H,26,30). The number of hydrogen-bond acceptors (Lipinski definition) is 4. The van der Waals surface area contributed by atoms with E-state index in [0.29, 0.717) is 5.75 Å². The van der Waals surface area contributed by atoms with Gasteiger partial charge in [0.2, 0.25) is 0 Å². The molecule has 1 aliphatic rings. The molecule has 1 N–H and O–H groups in total. The van der Waals surface area contributed by atoms with Gasteiger partial charge in [-0.3, -0.25) is 4.79 Å². The molecule has 156 valence electrons. The summed E-state index contributed by atoms with van der Waals surface area (Å²) in [5.74, 6) is 1.58. The Morgan fingerprint density at radius 1 is 1.03 bits per heavy atom. The van der Waals surface area contributed by atoms with Gasteiger partial charge in [-0.05, 0) is 55.0 Å².